The van der Waals surface area contributed by atoms with E-state index in [0.29, 0.717) is 35.7 Å². The normalized spacial score (nSPS) is 16.0. The molecule has 0 spiro atoms. The van der Waals surface area contributed by atoms with Gasteiger partial charge in [-0.15, -0.1) is 0 Å². The number of carbonyl (C=O) groups is 1. The molecule has 8 nitrogen and oxygen atoms in total. The van der Waals surface area contributed by atoms with E-state index in [0.717, 1.165) is 12.8 Å². The molecule has 0 saturated carbocycles. The van der Waals surface area contributed by atoms with Crippen LogP contribution in [0.15, 0.2) is 59.8 Å². The summed E-state index contributed by atoms with van der Waals surface area (Å²) in [6.45, 7) is 0.554. The molecule has 1 aliphatic heterocycles. The zero-order chi connectivity index (χ0) is 20.2. The lowest BCUT2D eigenvalue weighted by Gasteiger charge is -2.29. The first-order chi connectivity index (χ1) is 14.2. The molecule has 0 saturated heterocycles. The molecule has 3 aromatic rings. The zero-order valence-electron chi connectivity index (χ0n) is 16.1. The fourth-order valence-corrected chi connectivity index (χ4v) is 3.59. The summed E-state index contributed by atoms with van der Waals surface area (Å²) in [5.41, 5.74) is 1.36. The van der Waals surface area contributed by atoms with E-state index in [1.165, 1.54) is 24.6 Å². The van der Waals surface area contributed by atoms with E-state index < -0.39 is 6.04 Å². The maximum atomic E-state index is 13.1. The summed E-state index contributed by atoms with van der Waals surface area (Å²) in [6.07, 6.45) is 5.34. The first-order valence-electron chi connectivity index (χ1n) is 9.50. The number of rotatable bonds is 4. The van der Waals surface area contributed by atoms with Crippen molar-refractivity contribution in [3.63, 3.8) is 0 Å². The monoisotopic (exact) mass is 391 g/mol. The van der Waals surface area contributed by atoms with Crippen LogP contribution in [-0.2, 0) is 11.4 Å². The molecule has 0 radical (unpaired) electrons. The molecular formula is C21H21N5O3. The van der Waals surface area contributed by atoms with Gasteiger partial charge in [-0.2, -0.15) is 0 Å². The fraction of sp³-hybridized carbons (Fsp3) is 0.286. The number of fused-ring (bicyclic) bond motifs is 1. The summed E-state index contributed by atoms with van der Waals surface area (Å²) in [6, 6.07) is 11.6. The van der Waals surface area contributed by atoms with Gasteiger partial charge in [0, 0.05) is 24.4 Å². The quantitative estimate of drug-likeness (QED) is 0.635. The molecule has 4 rings (SSSR count). The van der Waals surface area contributed by atoms with Gasteiger partial charge in [0.15, 0.2) is 0 Å². The minimum atomic E-state index is -0.482. The second kappa shape index (κ2) is 8.32. The van der Waals surface area contributed by atoms with Crippen LogP contribution in [0.1, 0.15) is 41.5 Å². The number of aromatic nitrogens is 4. The van der Waals surface area contributed by atoms with Gasteiger partial charge in [-0.1, -0.05) is 18.2 Å². The van der Waals surface area contributed by atoms with Crippen LogP contribution in [0.5, 0.6) is 0 Å². The van der Waals surface area contributed by atoms with Crippen molar-refractivity contribution in [1.82, 2.24) is 24.6 Å². The van der Waals surface area contributed by atoms with Gasteiger partial charge in [0.25, 0.3) is 11.5 Å². The maximum absolute atomic E-state index is 13.1. The Bertz CT molecular complexity index is 1050. The highest BCUT2D eigenvalue weighted by Crippen LogP contribution is 2.30. The minimum absolute atomic E-state index is 0.168. The van der Waals surface area contributed by atoms with Crippen molar-refractivity contribution in [2.24, 2.45) is 0 Å². The lowest BCUT2D eigenvalue weighted by Crippen LogP contribution is -2.37. The summed E-state index contributed by atoms with van der Waals surface area (Å²) >= 11 is 0. The third kappa shape index (κ3) is 3.79. The smallest absolute Gasteiger partial charge is 0.278 e. The third-order valence-corrected chi connectivity index (χ3v) is 4.99. The van der Waals surface area contributed by atoms with E-state index in [2.05, 4.69) is 9.97 Å². The van der Waals surface area contributed by atoms with E-state index in [4.69, 9.17) is 9.82 Å². The molecule has 0 aliphatic carbocycles. The molecule has 0 fully saturated rings. The standard InChI is InChI=1S/C21H21N5O3/c1-29-26(21(28)15-7-3-2-4-8-15)18-9-5-6-12-25-19(27)13-17(24-20(18)25)16-10-11-22-14-23-16/h2-4,7-8,10-11,13-14,18H,5-6,9,12H2,1H3. The molecule has 148 valence electrons. The topological polar surface area (TPSA) is 90.2 Å². The molecule has 1 atom stereocenters. The predicted molar refractivity (Wildman–Crippen MR) is 106 cm³/mol. The van der Waals surface area contributed by atoms with Crippen molar-refractivity contribution in [1.29, 1.82) is 0 Å². The number of hydrogen-bond donors (Lipinski definition) is 0. The van der Waals surface area contributed by atoms with Crippen LogP contribution in [0, 0.1) is 0 Å². The first-order valence-corrected chi connectivity index (χ1v) is 9.50. The Morgan fingerprint density at radius 1 is 1.17 bits per heavy atom. The summed E-state index contributed by atoms with van der Waals surface area (Å²) in [7, 11) is 1.46. The molecule has 1 amide bonds. The van der Waals surface area contributed by atoms with Gasteiger partial charge in [-0.25, -0.2) is 20.0 Å². The van der Waals surface area contributed by atoms with Crippen molar-refractivity contribution < 1.29 is 9.63 Å². The van der Waals surface area contributed by atoms with Crippen molar-refractivity contribution in [2.75, 3.05) is 7.11 Å². The molecule has 3 heterocycles. The van der Waals surface area contributed by atoms with Crippen LogP contribution in [0.3, 0.4) is 0 Å². The molecule has 0 N–H and O–H groups in total. The highest BCUT2D eigenvalue weighted by atomic mass is 16.7. The van der Waals surface area contributed by atoms with Crippen molar-refractivity contribution in [3.8, 4) is 11.4 Å². The molecule has 8 heteroatoms. The Labute approximate surface area is 167 Å². The maximum Gasteiger partial charge on any atom is 0.278 e. The third-order valence-electron chi connectivity index (χ3n) is 4.99. The number of amides is 1. The van der Waals surface area contributed by atoms with E-state index in [-0.39, 0.29) is 11.5 Å². The van der Waals surface area contributed by atoms with Gasteiger partial charge in [0.2, 0.25) is 0 Å². The number of hydrogen-bond acceptors (Lipinski definition) is 6. The summed E-state index contributed by atoms with van der Waals surface area (Å²) in [4.78, 5) is 44.3. The largest absolute Gasteiger partial charge is 0.295 e. The molecule has 29 heavy (non-hydrogen) atoms. The van der Waals surface area contributed by atoms with E-state index >= 15 is 0 Å². The van der Waals surface area contributed by atoms with Gasteiger partial charge in [0.1, 0.15) is 18.2 Å². The lowest BCUT2D eigenvalue weighted by molar-refractivity contribution is -0.128. The van der Waals surface area contributed by atoms with Gasteiger partial charge in [-0.3, -0.25) is 19.0 Å². The van der Waals surface area contributed by atoms with Crippen molar-refractivity contribution >= 4 is 5.91 Å². The van der Waals surface area contributed by atoms with Gasteiger partial charge >= 0.3 is 0 Å². The average molecular weight is 391 g/mol. The fourth-order valence-electron chi connectivity index (χ4n) is 3.59. The van der Waals surface area contributed by atoms with Crippen LogP contribution in [0.4, 0.5) is 0 Å². The van der Waals surface area contributed by atoms with Crippen LogP contribution < -0.4 is 5.56 Å². The minimum Gasteiger partial charge on any atom is -0.295 e. The SMILES string of the molecule is CON(C(=O)c1ccccc1)C1CCCCn2c1nc(-c1ccncn1)cc2=O. The lowest BCUT2D eigenvalue weighted by atomic mass is 10.1. The second-order valence-corrected chi connectivity index (χ2v) is 6.78. The molecule has 1 aliphatic rings. The van der Waals surface area contributed by atoms with Crippen molar-refractivity contribution in [2.45, 2.75) is 31.8 Å². The van der Waals surface area contributed by atoms with Crippen LogP contribution in [0.25, 0.3) is 11.4 Å². The Hall–Kier alpha value is -3.39. The van der Waals surface area contributed by atoms with Crippen LogP contribution in [-0.4, -0.2) is 37.6 Å². The predicted octanol–water partition coefficient (Wildman–Crippen LogP) is 2.63. The van der Waals surface area contributed by atoms with Crippen LogP contribution >= 0.6 is 0 Å². The Morgan fingerprint density at radius 3 is 2.72 bits per heavy atom. The Balaban J connectivity index is 1.80. The highest BCUT2D eigenvalue weighted by Gasteiger charge is 2.32. The molecule has 2 aromatic heterocycles. The van der Waals surface area contributed by atoms with Crippen molar-refractivity contribution in [3.05, 3.63) is 76.7 Å². The van der Waals surface area contributed by atoms with Gasteiger partial charge in [0.05, 0.1) is 18.5 Å². The summed E-state index contributed by atoms with van der Waals surface area (Å²) in [5.74, 6) is 0.239. The molecule has 1 unspecified atom stereocenters. The second-order valence-electron chi connectivity index (χ2n) is 6.78. The Morgan fingerprint density at radius 2 is 2.00 bits per heavy atom. The van der Waals surface area contributed by atoms with Gasteiger partial charge in [-0.05, 0) is 37.5 Å². The summed E-state index contributed by atoms with van der Waals surface area (Å²) in [5, 5.41) is 1.32. The van der Waals surface area contributed by atoms with Crippen LogP contribution in [0.2, 0.25) is 0 Å². The molecular weight excluding hydrogens is 370 g/mol. The first kappa shape index (κ1) is 18.9. The average Bonchev–Trinajstić information content (AvgIpc) is 2.98. The number of hydroxylamine groups is 2. The molecule has 1 aromatic carbocycles. The van der Waals surface area contributed by atoms with E-state index in [9.17, 15) is 9.59 Å². The molecule has 0 bridgehead atoms. The number of nitrogens with zero attached hydrogens (tertiary/aromatic N) is 5. The number of benzene rings is 1. The van der Waals surface area contributed by atoms with Gasteiger partial charge < -0.3 is 0 Å². The summed E-state index contributed by atoms with van der Waals surface area (Å²) < 4.78 is 1.63. The number of carbonyl (C=O) groups excluding carboxylic acids is 1. The van der Waals surface area contributed by atoms with E-state index in [1.54, 1.807) is 41.1 Å². The highest BCUT2D eigenvalue weighted by molar-refractivity contribution is 5.93. The Kier molecular flexibility index (Phi) is 5.44. The van der Waals surface area contributed by atoms with E-state index in [1.807, 2.05) is 6.07 Å². The zero-order valence-corrected chi connectivity index (χ0v) is 16.1.